The van der Waals surface area contributed by atoms with Gasteiger partial charge in [-0.3, -0.25) is 0 Å². The van der Waals surface area contributed by atoms with Crippen LogP contribution in [0.5, 0.6) is 0 Å². The molecule has 3 atom stereocenters. The van der Waals surface area contributed by atoms with Crippen LogP contribution < -0.4 is 5.32 Å². The predicted octanol–water partition coefficient (Wildman–Crippen LogP) is 1.43. The van der Waals surface area contributed by atoms with Crippen molar-refractivity contribution in [2.24, 2.45) is 0 Å². The highest BCUT2D eigenvalue weighted by Gasteiger charge is 2.20. The Labute approximate surface area is 97.0 Å². The van der Waals surface area contributed by atoms with Gasteiger partial charge < -0.3 is 14.6 Å². The molecular weight excluding hydrogens is 202 g/mol. The molecule has 2 rings (SSSR count). The van der Waals surface area contributed by atoms with E-state index < -0.39 is 0 Å². The molecule has 3 unspecified atom stereocenters. The molecule has 1 saturated heterocycles. The zero-order chi connectivity index (χ0) is 11.4. The maximum Gasteiger partial charge on any atom is 0.0946 e. The smallest absolute Gasteiger partial charge is 0.0946 e. The van der Waals surface area contributed by atoms with Crippen LogP contribution in [0.3, 0.4) is 0 Å². The quantitative estimate of drug-likeness (QED) is 0.839. The summed E-state index contributed by atoms with van der Waals surface area (Å²) in [5, 5.41) is 3.66. The first-order chi connectivity index (χ1) is 7.74. The van der Waals surface area contributed by atoms with Crippen molar-refractivity contribution in [3.8, 4) is 0 Å². The van der Waals surface area contributed by atoms with Gasteiger partial charge in [-0.15, -0.1) is 0 Å². The monoisotopic (exact) mass is 223 g/mol. The second-order valence-corrected chi connectivity index (χ2v) is 4.73. The molecule has 16 heavy (non-hydrogen) atoms. The van der Waals surface area contributed by atoms with Gasteiger partial charge in [-0.25, -0.2) is 4.98 Å². The number of aromatic nitrogens is 2. The van der Waals surface area contributed by atoms with Crippen molar-refractivity contribution in [3.05, 3.63) is 18.7 Å². The van der Waals surface area contributed by atoms with Crippen molar-refractivity contribution >= 4 is 0 Å². The molecular formula is C12H21N3O. The van der Waals surface area contributed by atoms with Gasteiger partial charge in [0.25, 0.3) is 0 Å². The summed E-state index contributed by atoms with van der Waals surface area (Å²) in [6.45, 7) is 6.23. The van der Waals surface area contributed by atoms with E-state index in [0.29, 0.717) is 18.2 Å². The van der Waals surface area contributed by atoms with Crippen molar-refractivity contribution in [3.63, 3.8) is 0 Å². The molecule has 1 fully saturated rings. The zero-order valence-corrected chi connectivity index (χ0v) is 10.1. The third-order valence-electron chi connectivity index (χ3n) is 3.05. The van der Waals surface area contributed by atoms with Crippen LogP contribution in [-0.4, -0.2) is 34.3 Å². The minimum Gasteiger partial charge on any atom is -0.378 e. The molecule has 0 radical (unpaired) electrons. The van der Waals surface area contributed by atoms with Crippen molar-refractivity contribution in [1.29, 1.82) is 0 Å². The largest absolute Gasteiger partial charge is 0.378 e. The Morgan fingerprint density at radius 1 is 1.62 bits per heavy atom. The molecule has 2 heterocycles. The summed E-state index contributed by atoms with van der Waals surface area (Å²) in [4.78, 5) is 4.05. The molecule has 1 N–H and O–H groups in total. The maximum atomic E-state index is 5.54. The Morgan fingerprint density at radius 3 is 3.19 bits per heavy atom. The van der Waals surface area contributed by atoms with Crippen molar-refractivity contribution < 1.29 is 4.74 Å². The summed E-state index contributed by atoms with van der Waals surface area (Å²) in [5.41, 5.74) is 0. The van der Waals surface area contributed by atoms with Gasteiger partial charge in [0.2, 0.25) is 0 Å². The van der Waals surface area contributed by atoms with E-state index in [-0.39, 0.29) is 0 Å². The first-order valence-corrected chi connectivity index (χ1v) is 6.07. The molecule has 1 aliphatic heterocycles. The predicted molar refractivity (Wildman–Crippen MR) is 63.3 cm³/mol. The number of hydrogen-bond acceptors (Lipinski definition) is 3. The lowest BCUT2D eigenvalue weighted by Crippen LogP contribution is -2.43. The van der Waals surface area contributed by atoms with Crippen LogP contribution in [0.25, 0.3) is 0 Å². The van der Waals surface area contributed by atoms with Crippen molar-refractivity contribution in [2.45, 2.75) is 51.4 Å². The summed E-state index contributed by atoms with van der Waals surface area (Å²) in [5.74, 6) is 0. The van der Waals surface area contributed by atoms with Gasteiger partial charge >= 0.3 is 0 Å². The van der Waals surface area contributed by atoms with E-state index in [9.17, 15) is 0 Å². The van der Waals surface area contributed by atoms with Crippen LogP contribution in [-0.2, 0) is 11.3 Å². The highest BCUT2D eigenvalue weighted by molar-refractivity contribution is 4.80. The van der Waals surface area contributed by atoms with Crippen molar-refractivity contribution in [2.75, 3.05) is 6.61 Å². The van der Waals surface area contributed by atoms with Gasteiger partial charge in [0, 0.05) is 37.6 Å². The number of hydrogen-bond donors (Lipinski definition) is 1. The van der Waals surface area contributed by atoms with Crippen LogP contribution in [0, 0.1) is 0 Å². The summed E-state index contributed by atoms with van der Waals surface area (Å²) in [6.07, 6.45) is 8.33. The minimum atomic E-state index is 0.395. The molecule has 0 bridgehead atoms. The van der Waals surface area contributed by atoms with Gasteiger partial charge in [0.1, 0.15) is 0 Å². The fourth-order valence-electron chi connectivity index (χ4n) is 2.32. The lowest BCUT2D eigenvalue weighted by atomic mass is 10.0. The van der Waals surface area contributed by atoms with Crippen LogP contribution in [0.2, 0.25) is 0 Å². The number of ether oxygens (including phenoxy) is 1. The lowest BCUT2D eigenvalue weighted by Gasteiger charge is -2.30. The molecule has 0 spiro atoms. The second-order valence-electron chi connectivity index (χ2n) is 4.73. The maximum absolute atomic E-state index is 5.54. The lowest BCUT2D eigenvalue weighted by molar-refractivity contribution is 0.0113. The molecule has 0 aliphatic carbocycles. The fourth-order valence-corrected chi connectivity index (χ4v) is 2.32. The van der Waals surface area contributed by atoms with E-state index in [2.05, 4.69) is 28.7 Å². The Balaban J connectivity index is 1.76. The summed E-state index contributed by atoms with van der Waals surface area (Å²) in [6, 6.07) is 1.08. The first-order valence-electron chi connectivity index (χ1n) is 6.07. The van der Waals surface area contributed by atoms with E-state index in [0.717, 1.165) is 26.0 Å². The number of nitrogens with zero attached hydrogens (tertiary/aromatic N) is 2. The molecule has 0 saturated carbocycles. The average Bonchev–Trinajstić information content (AvgIpc) is 2.70. The fraction of sp³-hybridized carbons (Fsp3) is 0.750. The summed E-state index contributed by atoms with van der Waals surface area (Å²) < 4.78 is 7.65. The second kappa shape index (κ2) is 5.46. The molecule has 1 aliphatic rings. The SMILES string of the molecule is CC(Cn1ccnc1)NC1CCOC(C)C1. The van der Waals surface area contributed by atoms with Gasteiger partial charge in [0.05, 0.1) is 12.4 Å². The minimum absolute atomic E-state index is 0.395. The van der Waals surface area contributed by atoms with E-state index in [1.54, 1.807) is 0 Å². The van der Waals surface area contributed by atoms with Gasteiger partial charge in [-0.05, 0) is 26.7 Å². The summed E-state index contributed by atoms with van der Waals surface area (Å²) in [7, 11) is 0. The van der Waals surface area contributed by atoms with Crippen molar-refractivity contribution in [1.82, 2.24) is 14.9 Å². The standard InChI is InChI=1S/C12H21N3O/c1-10(8-15-5-4-13-9-15)14-12-3-6-16-11(2)7-12/h4-5,9-12,14H,3,6-8H2,1-2H3. The summed E-state index contributed by atoms with van der Waals surface area (Å²) >= 11 is 0. The van der Waals surface area contributed by atoms with E-state index in [1.165, 1.54) is 0 Å². The number of nitrogens with one attached hydrogen (secondary N) is 1. The molecule has 1 aromatic rings. The van der Waals surface area contributed by atoms with Gasteiger partial charge in [-0.1, -0.05) is 0 Å². The zero-order valence-electron chi connectivity index (χ0n) is 10.1. The molecule has 1 aromatic heterocycles. The molecule has 90 valence electrons. The number of imidazole rings is 1. The van der Waals surface area contributed by atoms with Gasteiger partial charge in [0.15, 0.2) is 0 Å². The van der Waals surface area contributed by atoms with E-state index >= 15 is 0 Å². The van der Waals surface area contributed by atoms with Crippen LogP contribution in [0.15, 0.2) is 18.7 Å². The Bertz CT molecular complexity index is 299. The molecule has 4 nitrogen and oxygen atoms in total. The van der Waals surface area contributed by atoms with Gasteiger partial charge in [-0.2, -0.15) is 0 Å². The normalized spacial score (nSPS) is 27.9. The van der Waals surface area contributed by atoms with Crippen LogP contribution >= 0.6 is 0 Å². The first kappa shape index (κ1) is 11.6. The molecule has 0 aromatic carbocycles. The third-order valence-corrected chi connectivity index (χ3v) is 3.05. The van der Waals surface area contributed by atoms with Crippen LogP contribution in [0.1, 0.15) is 26.7 Å². The Kier molecular flexibility index (Phi) is 3.96. The number of rotatable bonds is 4. The molecule has 4 heteroatoms. The Morgan fingerprint density at radius 2 is 2.50 bits per heavy atom. The molecule has 0 amide bonds. The third kappa shape index (κ3) is 3.32. The highest BCUT2D eigenvalue weighted by Crippen LogP contribution is 2.13. The topological polar surface area (TPSA) is 39.1 Å². The van der Waals surface area contributed by atoms with E-state index in [1.807, 2.05) is 18.7 Å². The van der Waals surface area contributed by atoms with Crippen LogP contribution in [0.4, 0.5) is 0 Å². The average molecular weight is 223 g/mol. The van der Waals surface area contributed by atoms with E-state index in [4.69, 9.17) is 4.74 Å². The Hall–Kier alpha value is -0.870. The highest BCUT2D eigenvalue weighted by atomic mass is 16.5.